The minimum absolute atomic E-state index is 0.111. The first-order valence-electron chi connectivity index (χ1n) is 4.80. The molecule has 1 unspecified atom stereocenters. The average molecular weight is 207 g/mol. The first-order valence-corrected chi connectivity index (χ1v) is 4.80. The Kier molecular flexibility index (Phi) is 4.25. The Balaban J connectivity index is 2.17. The second-order valence-corrected chi connectivity index (χ2v) is 3.73. The summed E-state index contributed by atoms with van der Waals surface area (Å²) in [6.45, 7) is 1.79. The average Bonchev–Trinajstić information content (AvgIpc) is 2.47. The van der Waals surface area contributed by atoms with Crippen molar-refractivity contribution in [2.45, 2.75) is 25.7 Å². The molecule has 0 saturated carbocycles. The van der Waals surface area contributed by atoms with Crippen LogP contribution in [0.2, 0.25) is 0 Å². The second-order valence-electron chi connectivity index (χ2n) is 3.73. The molecule has 1 atom stereocenters. The third kappa shape index (κ3) is 4.00. The summed E-state index contributed by atoms with van der Waals surface area (Å²) in [6, 6.07) is 0. The van der Waals surface area contributed by atoms with Crippen LogP contribution in [0.3, 0.4) is 0 Å². The first kappa shape index (κ1) is 11.4. The summed E-state index contributed by atoms with van der Waals surface area (Å²) in [6.07, 6.45) is -1.39. The van der Waals surface area contributed by atoms with E-state index in [1.807, 2.05) is 4.90 Å². The number of nitrogens with zero attached hydrogens (tertiary/aromatic N) is 1. The fraction of sp³-hybridized carbons (Fsp3) is 0.889. The van der Waals surface area contributed by atoms with Gasteiger partial charge in [0.1, 0.15) is 0 Å². The molecular formula is C9H15F2NO2. The standard InChI is InChI=1S/C9H15F2NO2/c10-8(11)2-4-12-3-1-7(6-12)5-9(13)14/h7-8H,1-6H2,(H,13,14). The van der Waals surface area contributed by atoms with Crippen LogP contribution in [0.4, 0.5) is 8.78 Å². The maximum absolute atomic E-state index is 11.9. The molecule has 14 heavy (non-hydrogen) atoms. The minimum Gasteiger partial charge on any atom is -0.481 e. The van der Waals surface area contributed by atoms with Gasteiger partial charge >= 0.3 is 5.97 Å². The lowest BCUT2D eigenvalue weighted by Crippen LogP contribution is -2.23. The van der Waals surface area contributed by atoms with Crippen LogP contribution >= 0.6 is 0 Å². The molecule has 0 aromatic carbocycles. The molecule has 0 radical (unpaired) electrons. The number of aliphatic carboxylic acids is 1. The van der Waals surface area contributed by atoms with E-state index in [1.54, 1.807) is 0 Å². The molecule has 82 valence electrons. The number of halogens is 2. The predicted octanol–water partition coefficient (Wildman–Crippen LogP) is 1.44. The van der Waals surface area contributed by atoms with Crippen molar-refractivity contribution >= 4 is 5.97 Å². The highest BCUT2D eigenvalue weighted by Gasteiger charge is 2.24. The van der Waals surface area contributed by atoms with Gasteiger partial charge in [0.15, 0.2) is 0 Å². The van der Waals surface area contributed by atoms with Crippen molar-refractivity contribution in [3.05, 3.63) is 0 Å². The van der Waals surface area contributed by atoms with E-state index in [9.17, 15) is 13.6 Å². The number of carbonyl (C=O) groups is 1. The number of carboxylic acids is 1. The fourth-order valence-electron chi connectivity index (χ4n) is 1.81. The van der Waals surface area contributed by atoms with Gasteiger partial charge in [-0.15, -0.1) is 0 Å². The molecule has 1 saturated heterocycles. The van der Waals surface area contributed by atoms with Crippen LogP contribution in [0.5, 0.6) is 0 Å². The lowest BCUT2D eigenvalue weighted by atomic mass is 10.1. The molecule has 1 aliphatic heterocycles. The number of carboxylic acid groups (broad SMARTS) is 1. The van der Waals surface area contributed by atoms with Crippen molar-refractivity contribution < 1.29 is 18.7 Å². The third-order valence-corrected chi connectivity index (χ3v) is 2.50. The fourth-order valence-corrected chi connectivity index (χ4v) is 1.81. The number of likely N-dealkylation sites (tertiary alicyclic amines) is 1. The van der Waals surface area contributed by atoms with E-state index >= 15 is 0 Å². The Morgan fingerprint density at radius 3 is 2.86 bits per heavy atom. The largest absolute Gasteiger partial charge is 0.481 e. The highest BCUT2D eigenvalue weighted by atomic mass is 19.3. The second kappa shape index (κ2) is 5.24. The number of hydrogen-bond acceptors (Lipinski definition) is 2. The van der Waals surface area contributed by atoms with Crippen molar-refractivity contribution in [1.29, 1.82) is 0 Å². The summed E-state index contributed by atoms with van der Waals surface area (Å²) in [7, 11) is 0. The topological polar surface area (TPSA) is 40.5 Å². The van der Waals surface area contributed by atoms with E-state index in [4.69, 9.17) is 5.11 Å². The molecule has 1 rings (SSSR count). The molecule has 1 N–H and O–H groups in total. The normalized spacial score (nSPS) is 23.2. The SMILES string of the molecule is O=C(O)CC1CCN(CCC(F)F)C1. The summed E-state index contributed by atoms with van der Waals surface area (Å²) in [5, 5.41) is 8.54. The smallest absolute Gasteiger partial charge is 0.303 e. The maximum Gasteiger partial charge on any atom is 0.303 e. The van der Waals surface area contributed by atoms with Gasteiger partial charge in [-0.05, 0) is 18.9 Å². The van der Waals surface area contributed by atoms with E-state index in [2.05, 4.69) is 0 Å². The van der Waals surface area contributed by atoms with E-state index < -0.39 is 12.4 Å². The van der Waals surface area contributed by atoms with E-state index in [-0.39, 0.29) is 18.8 Å². The number of rotatable bonds is 5. The van der Waals surface area contributed by atoms with Crippen molar-refractivity contribution in [3.8, 4) is 0 Å². The minimum atomic E-state index is -2.26. The van der Waals surface area contributed by atoms with Crippen LogP contribution in [0.25, 0.3) is 0 Å². The summed E-state index contributed by atoms with van der Waals surface area (Å²) in [5.74, 6) is -0.657. The zero-order valence-corrected chi connectivity index (χ0v) is 7.96. The van der Waals surface area contributed by atoms with Crippen molar-refractivity contribution in [1.82, 2.24) is 4.90 Å². The molecule has 1 fully saturated rings. The molecule has 0 amide bonds. The zero-order valence-electron chi connectivity index (χ0n) is 7.96. The molecule has 5 heteroatoms. The molecule has 0 aromatic heterocycles. The molecular weight excluding hydrogens is 192 g/mol. The Labute approximate surface area is 81.7 Å². The van der Waals surface area contributed by atoms with E-state index in [0.29, 0.717) is 13.1 Å². The highest BCUT2D eigenvalue weighted by molar-refractivity contribution is 5.67. The van der Waals surface area contributed by atoms with Gasteiger partial charge in [-0.3, -0.25) is 4.79 Å². The first-order chi connectivity index (χ1) is 6.58. The van der Waals surface area contributed by atoms with Crippen LogP contribution in [0, 0.1) is 5.92 Å². The van der Waals surface area contributed by atoms with Gasteiger partial charge in [-0.1, -0.05) is 0 Å². The Hall–Kier alpha value is -0.710. The summed E-state index contributed by atoms with van der Waals surface area (Å²) in [5.41, 5.74) is 0. The summed E-state index contributed by atoms with van der Waals surface area (Å²) >= 11 is 0. The highest BCUT2D eigenvalue weighted by Crippen LogP contribution is 2.19. The van der Waals surface area contributed by atoms with Gasteiger partial charge in [-0.25, -0.2) is 8.78 Å². The lowest BCUT2D eigenvalue weighted by Gasteiger charge is -2.14. The molecule has 0 aromatic rings. The molecule has 3 nitrogen and oxygen atoms in total. The Bertz CT molecular complexity index is 199. The summed E-state index contributed by atoms with van der Waals surface area (Å²) in [4.78, 5) is 12.3. The van der Waals surface area contributed by atoms with Gasteiger partial charge in [0.05, 0.1) is 0 Å². The van der Waals surface area contributed by atoms with Gasteiger partial charge < -0.3 is 10.0 Å². The summed E-state index contributed by atoms with van der Waals surface area (Å²) < 4.78 is 23.7. The number of hydrogen-bond donors (Lipinski definition) is 1. The van der Waals surface area contributed by atoms with E-state index in [0.717, 1.165) is 13.0 Å². The van der Waals surface area contributed by atoms with E-state index in [1.165, 1.54) is 0 Å². The van der Waals surface area contributed by atoms with Gasteiger partial charge in [-0.2, -0.15) is 0 Å². The quantitative estimate of drug-likeness (QED) is 0.741. The molecule has 0 spiro atoms. The van der Waals surface area contributed by atoms with Crippen LogP contribution in [0.1, 0.15) is 19.3 Å². The zero-order chi connectivity index (χ0) is 10.6. The lowest BCUT2D eigenvalue weighted by molar-refractivity contribution is -0.138. The van der Waals surface area contributed by atoms with Gasteiger partial charge in [0, 0.05) is 25.9 Å². The molecule has 1 aliphatic rings. The van der Waals surface area contributed by atoms with Crippen LogP contribution in [-0.4, -0.2) is 42.0 Å². The monoisotopic (exact) mass is 207 g/mol. The molecule has 0 aliphatic carbocycles. The van der Waals surface area contributed by atoms with Gasteiger partial charge in [0.25, 0.3) is 0 Å². The molecule has 1 heterocycles. The van der Waals surface area contributed by atoms with Crippen molar-refractivity contribution in [2.24, 2.45) is 5.92 Å². The number of alkyl halides is 2. The van der Waals surface area contributed by atoms with Crippen LogP contribution in [0.15, 0.2) is 0 Å². The predicted molar refractivity (Wildman–Crippen MR) is 47.4 cm³/mol. The Morgan fingerprint density at radius 2 is 2.29 bits per heavy atom. The van der Waals surface area contributed by atoms with Gasteiger partial charge in [0.2, 0.25) is 6.43 Å². The third-order valence-electron chi connectivity index (χ3n) is 2.50. The van der Waals surface area contributed by atoms with Crippen LogP contribution in [-0.2, 0) is 4.79 Å². The van der Waals surface area contributed by atoms with Crippen LogP contribution < -0.4 is 0 Å². The van der Waals surface area contributed by atoms with Crippen molar-refractivity contribution in [3.63, 3.8) is 0 Å². The maximum atomic E-state index is 11.9. The Morgan fingerprint density at radius 1 is 1.57 bits per heavy atom. The van der Waals surface area contributed by atoms with Crippen molar-refractivity contribution in [2.75, 3.05) is 19.6 Å². The molecule has 0 bridgehead atoms.